The van der Waals surface area contributed by atoms with E-state index in [9.17, 15) is 0 Å². The Morgan fingerprint density at radius 1 is 0.756 bits per heavy atom. The number of anilines is 1. The highest BCUT2D eigenvalue weighted by Gasteiger charge is 2.28. The van der Waals surface area contributed by atoms with Gasteiger partial charge in [0.1, 0.15) is 0 Å². The summed E-state index contributed by atoms with van der Waals surface area (Å²) in [5.41, 5.74) is 6.39. The standard InChI is InChI=1S/C30H60N2O4Si5/c1-13-32(14-2)28-25(5)26(19-23-40(33-7)34-8)29(38(9)10)27(30(28)39(11)12)18-21-37-24-31(6)20-17-22-41(35-15-3)36-16-4/h13-24H2,1-12H3. The van der Waals surface area contributed by atoms with Crippen molar-refractivity contribution in [3.63, 3.8) is 0 Å². The molecule has 0 saturated heterocycles. The lowest BCUT2D eigenvalue weighted by Crippen LogP contribution is -2.45. The van der Waals surface area contributed by atoms with Crippen LogP contribution in [0.4, 0.5) is 5.69 Å². The maximum Gasteiger partial charge on any atom is 0.384 e. The third-order valence-electron chi connectivity index (χ3n) is 7.53. The van der Waals surface area contributed by atoms with Crippen molar-refractivity contribution in [2.24, 2.45) is 0 Å². The first-order chi connectivity index (χ1) is 19.6. The van der Waals surface area contributed by atoms with Gasteiger partial charge in [-0.25, -0.2) is 0 Å². The number of hydrogen-bond donors (Lipinski definition) is 0. The third kappa shape index (κ3) is 12.4. The van der Waals surface area contributed by atoms with E-state index in [1.165, 1.54) is 24.2 Å². The Morgan fingerprint density at radius 2 is 1.34 bits per heavy atom. The van der Waals surface area contributed by atoms with E-state index in [2.05, 4.69) is 77.7 Å². The van der Waals surface area contributed by atoms with E-state index in [0.29, 0.717) is 0 Å². The third-order valence-corrected chi connectivity index (χ3v) is 15.6. The average molecular weight is 653 g/mol. The molecule has 0 spiro atoms. The Bertz CT molecular complexity index is 849. The molecule has 11 heteroatoms. The van der Waals surface area contributed by atoms with Gasteiger partial charge < -0.3 is 27.5 Å². The zero-order chi connectivity index (χ0) is 30.9. The molecule has 6 radical (unpaired) electrons. The van der Waals surface area contributed by atoms with Crippen molar-refractivity contribution in [1.82, 2.24) is 4.90 Å². The second-order valence-corrected chi connectivity index (χ2v) is 21.2. The molecule has 41 heavy (non-hydrogen) atoms. The first-order valence-electron chi connectivity index (χ1n) is 15.6. The Morgan fingerprint density at radius 3 is 1.83 bits per heavy atom. The lowest BCUT2D eigenvalue weighted by molar-refractivity contribution is 0.211. The monoisotopic (exact) mass is 652 g/mol. The molecule has 0 aromatic heterocycles. The summed E-state index contributed by atoms with van der Waals surface area (Å²) in [5, 5.41) is 3.43. The molecule has 0 saturated carbocycles. The summed E-state index contributed by atoms with van der Waals surface area (Å²) in [5.74, 6) is 0. The van der Waals surface area contributed by atoms with Gasteiger partial charge in [-0.3, -0.25) is 0 Å². The van der Waals surface area contributed by atoms with Crippen LogP contribution in [0.1, 0.15) is 50.8 Å². The Balaban J connectivity index is 3.22. The molecule has 0 fully saturated rings. The smallest absolute Gasteiger partial charge is 0.384 e. The quantitative estimate of drug-likeness (QED) is 0.127. The van der Waals surface area contributed by atoms with Crippen LogP contribution in [-0.2, 0) is 30.5 Å². The number of benzene rings is 1. The van der Waals surface area contributed by atoms with Crippen LogP contribution in [0, 0.1) is 6.92 Å². The van der Waals surface area contributed by atoms with Crippen LogP contribution in [0.15, 0.2) is 0 Å². The Kier molecular flexibility index (Phi) is 20.5. The van der Waals surface area contributed by atoms with Crippen LogP contribution in [0.2, 0.25) is 44.3 Å². The molecule has 0 heterocycles. The predicted octanol–water partition coefficient (Wildman–Crippen LogP) is 4.59. The maximum absolute atomic E-state index is 5.83. The van der Waals surface area contributed by atoms with Crippen molar-refractivity contribution in [3.05, 3.63) is 16.7 Å². The lowest BCUT2D eigenvalue weighted by atomic mass is 9.97. The lowest BCUT2D eigenvalue weighted by Gasteiger charge is -2.34. The van der Waals surface area contributed by atoms with Gasteiger partial charge in [-0.05, 0) is 108 Å². The topological polar surface area (TPSA) is 43.4 Å². The Labute approximate surface area is 263 Å². The molecule has 0 atom stereocenters. The second-order valence-electron chi connectivity index (χ2n) is 11.0. The van der Waals surface area contributed by atoms with E-state index in [1.807, 2.05) is 0 Å². The van der Waals surface area contributed by atoms with Crippen molar-refractivity contribution in [1.29, 1.82) is 0 Å². The summed E-state index contributed by atoms with van der Waals surface area (Å²) < 4.78 is 23.1. The molecule has 0 aliphatic rings. The van der Waals surface area contributed by atoms with Crippen LogP contribution < -0.4 is 15.3 Å². The van der Waals surface area contributed by atoms with Gasteiger partial charge in [0.2, 0.25) is 0 Å². The van der Waals surface area contributed by atoms with E-state index in [-0.39, 0.29) is 0 Å². The highest BCUT2D eigenvalue weighted by Crippen LogP contribution is 2.27. The summed E-state index contributed by atoms with van der Waals surface area (Å²) in [6.45, 7) is 25.9. The van der Waals surface area contributed by atoms with Crippen molar-refractivity contribution >= 4 is 61.7 Å². The Hall–Kier alpha value is -0.0956. The first kappa shape index (κ1) is 38.9. The molecule has 234 valence electrons. The fourth-order valence-electron chi connectivity index (χ4n) is 5.69. The van der Waals surface area contributed by atoms with Gasteiger partial charge in [0.25, 0.3) is 0 Å². The van der Waals surface area contributed by atoms with Crippen molar-refractivity contribution < 1.29 is 17.7 Å². The fourth-order valence-corrected chi connectivity index (χ4v) is 12.9. The predicted molar refractivity (Wildman–Crippen MR) is 187 cm³/mol. The number of hydrogen-bond acceptors (Lipinski definition) is 6. The van der Waals surface area contributed by atoms with Crippen molar-refractivity contribution in [2.45, 2.75) is 98.2 Å². The van der Waals surface area contributed by atoms with Gasteiger partial charge in [0.15, 0.2) is 0 Å². The average Bonchev–Trinajstić information content (AvgIpc) is 2.93. The van der Waals surface area contributed by atoms with E-state index >= 15 is 0 Å². The molecule has 1 rings (SSSR count). The summed E-state index contributed by atoms with van der Waals surface area (Å²) >= 11 is 0. The molecule has 6 nitrogen and oxygen atoms in total. The van der Waals surface area contributed by atoms with E-state index in [4.69, 9.17) is 17.7 Å². The minimum atomic E-state index is -1.23. The molecule has 1 aromatic carbocycles. The van der Waals surface area contributed by atoms with Gasteiger partial charge in [0, 0.05) is 46.2 Å². The molecule has 0 N–H and O–H groups in total. The highest BCUT2D eigenvalue weighted by atomic mass is 28.3. The molecular formula is C30H60N2O4Si5. The molecular weight excluding hydrogens is 593 g/mol. The molecule has 0 bridgehead atoms. The van der Waals surface area contributed by atoms with E-state index < -0.39 is 36.2 Å². The zero-order valence-electron chi connectivity index (χ0n) is 28.5. The highest BCUT2D eigenvalue weighted by molar-refractivity contribution is 6.76. The van der Waals surface area contributed by atoms with Gasteiger partial charge >= 0.3 is 18.6 Å². The van der Waals surface area contributed by atoms with Crippen LogP contribution >= 0.6 is 0 Å². The SMILES string of the molecule is CCO[Si](CCCN(C)C[Si]CCc1c([Si](C)C)c(CC[Si](OC)OC)c(C)c(N(CC)CC)c1[Si](C)C)OCC. The maximum atomic E-state index is 5.83. The summed E-state index contributed by atoms with van der Waals surface area (Å²) in [6.07, 6.45) is 4.59. The minimum absolute atomic E-state index is 0.647. The van der Waals surface area contributed by atoms with Gasteiger partial charge in [-0.2, -0.15) is 0 Å². The largest absolute Gasteiger partial charge is 0.397 e. The minimum Gasteiger partial charge on any atom is -0.397 e. The second kappa shape index (κ2) is 21.6. The summed E-state index contributed by atoms with van der Waals surface area (Å²) in [6, 6.07) is 3.33. The molecule has 0 unspecified atom stereocenters. The summed E-state index contributed by atoms with van der Waals surface area (Å²) in [7, 11) is 3.21. The number of rotatable bonds is 23. The van der Waals surface area contributed by atoms with Crippen LogP contribution in [0.3, 0.4) is 0 Å². The zero-order valence-corrected chi connectivity index (χ0v) is 33.5. The normalized spacial score (nSPS) is 12.2. The van der Waals surface area contributed by atoms with E-state index in [1.54, 1.807) is 41.4 Å². The summed E-state index contributed by atoms with van der Waals surface area (Å²) in [4.78, 5) is 5.15. The number of nitrogens with zero attached hydrogens (tertiary/aromatic N) is 2. The molecule has 0 amide bonds. The van der Waals surface area contributed by atoms with Gasteiger partial charge in [-0.1, -0.05) is 37.4 Å². The van der Waals surface area contributed by atoms with Crippen LogP contribution in [0.25, 0.3) is 0 Å². The first-order valence-corrected chi connectivity index (χ1v) is 25.1. The van der Waals surface area contributed by atoms with E-state index in [0.717, 1.165) is 67.3 Å². The fraction of sp³-hybridized carbons (Fsp3) is 0.800. The van der Waals surface area contributed by atoms with Crippen LogP contribution in [-0.4, -0.2) is 111 Å². The molecule has 0 aliphatic heterocycles. The van der Waals surface area contributed by atoms with Crippen LogP contribution in [0.5, 0.6) is 0 Å². The van der Waals surface area contributed by atoms with Crippen molar-refractivity contribution in [3.8, 4) is 0 Å². The molecule has 1 aromatic rings. The van der Waals surface area contributed by atoms with Gasteiger partial charge in [0.05, 0.1) is 27.1 Å². The molecule has 0 aliphatic carbocycles. The van der Waals surface area contributed by atoms with Gasteiger partial charge in [-0.15, -0.1) is 0 Å². The van der Waals surface area contributed by atoms with Crippen molar-refractivity contribution in [2.75, 3.05) is 65.2 Å².